The topological polar surface area (TPSA) is 80.6 Å². The Labute approximate surface area is 140 Å². The first kappa shape index (κ1) is 16.1. The molecule has 2 N–H and O–H groups in total. The van der Waals surface area contributed by atoms with E-state index in [2.05, 4.69) is 10.6 Å². The molecule has 1 aliphatic rings. The summed E-state index contributed by atoms with van der Waals surface area (Å²) in [5.74, 6) is 1.14. The van der Waals surface area contributed by atoms with Gasteiger partial charge in [0.1, 0.15) is 17.3 Å². The number of carbonyl (C=O) groups is 2. The van der Waals surface area contributed by atoms with E-state index in [9.17, 15) is 9.59 Å². The first-order valence-electron chi connectivity index (χ1n) is 7.83. The second-order valence-electron chi connectivity index (χ2n) is 6.11. The third-order valence-electron chi connectivity index (χ3n) is 4.02. The van der Waals surface area contributed by atoms with Crippen molar-refractivity contribution in [3.8, 4) is 5.75 Å². The molecule has 0 fully saturated rings. The van der Waals surface area contributed by atoms with Crippen LogP contribution in [0.4, 0.5) is 5.69 Å². The molecule has 1 atom stereocenters. The molecule has 1 aromatic carbocycles. The summed E-state index contributed by atoms with van der Waals surface area (Å²) in [6, 6.07) is 9.17. The molecule has 24 heavy (non-hydrogen) atoms. The van der Waals surface area contributed by atoms with Crippen molar-refractivity contribution in [2.24, 2.45) is 0 Å². The highest BCUT2D eigenvalue weighted by molar-refractivity contribution is 6.15. The maximum Gasteiger partial charge on any atom is 0.278 e. The number of anilines is 1. The number of nitrogens with one attached hydrogen (secondary N) is 2. The van der Waals surface area contributed by atoms with Crippen molar-refractivity contribution in [1.29, 1.82) is 0 Å². The second-order valence-corrected chi connectivity index (χ2v) is 6.11. The van der Waals surface area contributed by atoms with E-state index in [0.29, 0.717) is 24.4 Å². The molecule has 3 rings (SSSR count). The lowest BCUT2D eigenvalue weighted by atomic mass is 10.0. The van der Waals surface area contributed by atoms with Crippen molar-refractivity contribution in [2.75, 3.05) is 11.9 Å². The maximum absolute atomic E-state index is 12.5. The van der Waals surface area contributed by atoms with Gasteiger partial charge in [-0.3, -0.25) is 9.59 Å². The highest BCUT2D eigenvalue weighted by atomic mass is 16.5. The molecular weight excluding hydrogens is 308 g/mol. The lowest BCUT2D eigenvalue weighted by molar-refractivity contribution is -0.146. The van der Waals surface area contributed by atoms with Crippen LogP contribution in [0.5, 0.6) is 5.75 Å². The second kappa shape index (κ2) is 6.03. The summed E-state index contributed by atoms with van der Waals surface area (Å²) in [6.07, 6.45) is 0.549. The Bertz CT molecular complexity index is 796. The summed E-state index contributed by atoms with van der Waals surface area (Å²) in [5, 5.41) is 5.48. The molecule has 6 heteroatoms. The highest BCUT2D eigenvalue weighted by Gasteiger charge is 2.47. The van der Waals surface area contributed by atoms with Crippen LogP contribution < -0.4 is 15.4 Å². The molecular formula is C18H20N2O4. The zero-order valence-corrected chi connectivity index (χ0v) is 13.9. The number of furan rings is 1. The van der Waals surface area contributed by atoms with Crippen LogP contribution in [0.1, 0.15) is 24.0 Å². The molecule has 2 amide bonds. The fourth-order valence-electron chi connectivity index (χ4n) is 2.58. The van der Waals surface area contributed by atoms with E-state index in [4.69, 9.17) is 9.15 Å². The van der Waals surface area contributed by atoms with E-state index in [1.165, 1.54) is 6.92 Å². The van der Waals surface area contributed by atoms with Gasteiger partial charge in [-0.25, -0.2) is 0 Å². The van der Waals surface area contributed by atoms with Gasteiger partial charge in [0.15, 0.2) is 0 Å². The number of benzene rings is 1. The molecule has 1 aliphatic heterocycles. The molecule has 1 aromatic heterocycles. The fraction of sp³-hybridized carbons (Fsp3) is 0.333. The van der Waals surface area contributed by atoms with E-state index in [1.54, 1.807) is 6.07 Å². The van der Waals surface area contributed by atoms with E-state index in [-0.39, 0.29) is 0 Å². The zero-order valence-electron chi connectivity index (χ0n) is 13.9. The number of aryl methyl sites for hydroxylation is 2. The Hall–Kier alpha value is -2.76. The number of hydrogen-bond acceptors (Lipinski definition) is 4. The number of rotatable bonds is 4. The molecule has 2 heterocycles. The zero-order chi connectivity index (χ0) is 17.3. The Kier molecular flexibility index (Phi) is 4.05. The molecule has 2 aromatic rings. The van der Waals surface area contributed by atoms with Crippen molar-refractivity contribution in [3.63, 3.8) is 0 Å². The highest BCUT2D eigenvalue weighted by Crippen LogP contribution is 2.34. The first-order chi connectivity index (χ1) is 11.4. The van der Waals surface area contributed by atoms with E-state index in [0.717, 1.165) is 17.1 Å². The smallest absolute Gasteiger partial charge is 0.278 e. The molecule has 126 valence electrons. The Morgan fingerprint density at radius 2 is 2.04 bits per heavy atom. The Morgan fingerprint density at radius 3 is 2.75 bits per heavy atom. The third-order valence-corrected chi connectivity index (χ3v) is 4.02. The summed E-state index contributed by atoms with van der Waals surface area (Å²) in [7, 11) is 0. The molecule has 0 radical (unpaired) electrons. The van der Waals surface area contributed by atoms with Crippen LogP contribution in [-0.2, 0) is 16.0 Å². The quantitative estimate of drug-likeness (QED) is 0.844. The number of fused-ring (bicyclic) bond motifs is 1. The van der Waals surface area contributed by atoms with E-state index >= 15 is 0 Å². The molecule has 0 aliphatic carbocycles. The minimum Gasteiger partial charge on any atom is -0.466 e. The van der Waals surface area contributed by atoms with E-state index in [1.807, 2.05) is 38.1 Å². The SMILES string of the molecule is Cc1ccc2c(c1)NC(=O)C(C)(C(=O)NCCc1ccc(C)o1)O2. The lowest BCUT2D eigenvalue weighted by Gasteiger charge is -2.33. The van der Waals surface area contributed by atoms with Gasteiger partial charge in [0.25, 0.3) is 17.4 Å². The van der Waals surface area contributed by atoms with Gasteiger partial charge in [0.2, 0.25) is 0 Å². The van der Waals surface area contributed by atoms with Gasteiger partial charge in [-0.1, -0.05) is 6.07 Å². The molecule has 0 spiro atoms. The van der Waals surface area contributed by atoms with Crippen LogP contribution in [-0.4, -0.2) is 24.0 Å². The van der Waals surface area contributed by atoms with Gasteiger partial charge in [-0.15, -0.1) is 0 Å². The third kappa shape index (κ3) is 2.99. The normalized spacial score (nSPS) is 19.2. The standard InChI is InChI=1S/C18H20N2O4/c1-11-4-7-15-14(10-11)20-17(22)18(3,24-15)16(21)19-9-8-13-6-5-12(2)23-13/h4-7,10H,8-9H2,1-3H3,(H,19,21)(H,20,22). The summed E-state index contributed by atoms with van der Waals surface area (Å²) < 4.78 is 11.2. The maximum atomic E-state index is 12.5. The van der Waals surface area contributed by atoms with Gasteiger partial charge in [-0.2, -0.15) is 0 Å². The molecule has 0 bridgehead atoms. The van der Waals surface area contributed by atoms with Crippen LogP contribution in [0.25, 0.3) is 0 Å². The van der Waals surface area contributed by atoms with Crippen LogP contribution in [0.15, 0.2) is 34.7 Å². The number of amides is 2. The Balaban J connectivity index is 1.67. The summed E-state index contributed by atoms with van der Waals surface area (Å²) in [6.45, 7) is 5.61. The van der Waals surface area contributed by atoms with Gasteiger partial charge in [0.05, 0.1) is 5.69 Å². The van der Waals surface area contributed by atoms with Crippen molar-refractivity contribution in [2.45, 2.75) is 32.8 Å². The van der Waals surface area contributed by atoms with Crippen molar-refractivity contribution >= 4 is 17.5 Å². The van der Waals surface area contributed by atoms with Crippen LogP contribution in [0.3, 0.4) is 0 Å². The molecule has 1 unspecified atom stereocenters. The lowest BCUT2D eigenvalue weighted by Crippen LogP contribution is -2.58. The van der Waals surface area contributed by atoms with Gasteiger partial charge < -0.3 is 19.8 Å². The monoisotopic (exact) mass is 328 g/mol. The summed E-state index contributed by atoms with van der Waals surface area (Å²) in [4.78, 5) is 24.8. The van der Waals surface area contributed by atoms with E-state index < -0.39 is 17.4 Å². The average Bonchev–Trinajstić information content (AvgIpc) is 2.94. The predicted molar refractivity (Wildman–Crippen MR) is 89.0 cm³/mol. The number of hydrogen-bond donors (Lipinski definition) is 2. The number of carbonyl (C=O) groups excluding carboxylic acids is 2. The predicted octanol–water partition coefficient (Wildman–Crippen LogP) is 2.34. The van der Waals surface area contributed by atoms with Crippen molar-refractivity contribution < 1.29 is 18.7 Å². The summed E-state index contributed by atoms with van der Waals surface area (Å²) in [5.41, 5.74) is -0.0165. The molecule has 6 nitrogen and oxygen atoms in total. The minimum absolute atomic E-state index is 0.360. The van der Waals surface area contributed by atoms with Crippen molar-refractivity contribution in [3.05, 3.63) is 47.4 Å². The average molecular weight is 328 g/mol. The molecule has 0 saturated carbocycles. The van der Waals surface area contributed by atoms with Crippen molar-refractivity contribution in [1.82, 2.24) is 5.32 Å². The van der Waals surface area contributed by atoms with Gasteiger partial charge in [0, 0.05) is 13.0 Å². The van der Waals surface area contributed by atoms with Crippen LogP contribution in [0.2, 0.25) is 0 Å². The largest absolute Gasteiger partial charge is 0.466 e. The minimum atomic E-state index is -1.60. The fourth-order valence-corrected chi connectivity index (χ4v) is 2.58. The van der Waals surface area contributed by atoms with Crippen LogP contribution in [0, 0.1) is 13.8 Å². The van der Waals surface area contributed by atoms with Gasteiger partial charge in [-0.05, 0) is 50.6 Å². The number of ether oxygens (including phenoxy) is 1. The summed E-state index contributed by atoms with van der Waals surface area (Å²) >= 11 is 0. The van der Waals surface area contributed by atoms with Crippen LogP contribution >= 0.6 is 0 Å². The Morgan fingerprint density at radius 1 is 1.25 bits per heavy atom. The van der Waals surface area contributed by atoms with Gasteiger partial charge >= 0.3 is 0 Å². The first-order valence-corrected chi connectivity index (χ1v) is 7.83. The molecule has 0 saturated heterocycles.